The van der Waals surface area contributed by atoms with E-state index in [2.05, 4.69) is 21.2 Å². The average molecular weight is 535 g/mol. The second-order valence-corrected chi connectivity index (χ2v) is 9.04. The lowest BCUT2D eigenvalue weighted by molar-refractivity contribution is 0.137. The number of benzene rings is 3. The second-order valence-electron chi connectivity index (χ2n) is 8.19. The molecule has 35 heavy (non-hydrogen) atoms. The summed E-state index contributed by atoms with van der Waals surface area (Å²) in [6.07, 6.45) is 0. The minimum atomic E-state index is -0.537. The van der Waals surface area contributed by atoms with Gasteiger partial charge in [0.2, 0.25) is 0 Å². The smallest absolute Gasteiger partial charge is 0.322 e. The Morgan fingerprint density at radius 2 is 1.77 bits per heavy atom. The van der Waals surface area contributed by atoms with Crippen molar-refractivity contribution < 1.29 is 9.53 Å². The molecule has 1 atom stereocenters. The van der Waals surface area contributed by atoms with E-state index in [0.717, 1.165) is 15.7 Å². The zero-order chi connectivity index (χ0) is 24.9. The van der Waals surface area contributed by atoms with E-state index in [1.165, 1.54) is 0 Å². The van der Waals surface area contributed by atoms with E-state index in [1.807, 2.05) is 80.6 Å². The summed E-state index contributed by atoms with van der Waals surface area (Å²) in [6, 6.07) is 21.5. The standard InChI is InChI=1S/C27H27BrN4O3/c1-18-10-4-9-15-24(18)32-25(29-22-13-7-5-11-20(22)26(32)33)19(2)31(16-17-35-3)27(34)30-23-14-8-6-12-21(23)28/h4-15,19H,16-17H2,1-3H3,(H,30,34). The number of anilines is 1. The van der Waals surface area contributed by atoms with Crippen molar-refractivity contribution >= 4 is 38.6 Å². The molecular weight excluding hydrogens is 508 g/mol. The zero-order valence-electron chi connectivity index (χ0n) is 19.9. The number of nitrogens with one attached hydrogen (secondary N) is 1. The first-order chi connectivity index (χ1) is 16.9. The van der Waals surface area contributed by atoms with Crippen molar-refractivity contribution in [2.24, 2.45) is 0 Å². The van der Waals surface area contributed by atoms with E-state index in [4.69, 9.17) is 9.72 Å². The van der Waals surface area contributed by atoms with E-state index in [9.17, 15) is 9.59 Å². The summed E-state index contributed by atoms with van der Waals surface area (Å²) < 4.78 is 7.68. The second kappa shape index (κ2) is 10.8. The summed E-state index contributed by atoms with van der Waals surface area (Å²) in [5.74, 6) is 0.474. The number of para-hydroxylation sites is 3. The van der Waals surface area contributed by atoms with Gasteiger partial charge in [-0.2, -0.15) is 0 Å². The molecule has 1 aromatic heterocycles. The molecule has 2 amide bonds. The van der Waals surface area contributed by atoms with Gasteiger partial charge in [0.1, 0.15) is 5.82 Å². The van der Waals surface area contributed by atoms with E-state index in [0.29, 0.717) is 35.6 Å². The molecule has 0 aliphatic carbocycles. The number of hydrogen-bond acceptors (Lipinski definition) is 4. The molecule has 1 N–H and O–H groups in total. The van der Waals surface area contributed by atoms with Gasteiger partial charge in [-0.3, -0.25) is 9.36 Å². The van der Waals surface area contributed by atoms with Crippen molar-refractivity contribution in [3.63, 3.8) is 0 Å². The quantitative estimate of drug-likeness (QED) is 0.330. The average Bonchev–Trinajstić information content (AvgIpc) is 2.86. The number of carbonyl (C=O) groups is 1. The molecule has 8 heteroatoms. The molecule has 4 aromatic rings. The Bertz CT molecular complexity index is 1420. The highest BCUT2D eigenvalue weighted by Crippen LogP contribution is 2.26. The first-order valence-electron chi connectivity index (χ1n) is 11.3. The van der Waals surface area contributed by atoms with E-state index < -0.39 is 6.04 Å². The molecule has 4 rings (SSSR count). The lowest BCUT2D eigenvalue weighted by atomic mass is 10.1. The van der Waals surface area contributed by atoms with Crippen LogP contribution in [0.4, 0.5) is 10.5 Å². The molecule has 0 radical (unpaired) electrons. The van der Waals surface area contributed by atoms with Gasteiger partial charge in [0.25, 0.3) is 5.56 Å². The van der Waals surface area contributed by atoms with Crippen LogP contribution >= 0.6 is 15.9 Å². The largest absolute Gasteiger partial charge is 0.383 e. The third-order valence-corrected chi connectivity index (χ3v) is 6.60. The molecule has 180 valence electrons. The number of methoxy groups -OCH3 is 1. The fourth-order valence-electron chi connectivity index (χ4n) is 4.03. The van der Waals surface area contributed by atoms with Gasteiger partial charge in [0.05, 0.1) is 34.9 Å². The Hall–Kier alpha value is -3.49. The number of nitrogens with zero attached hydrogens (tertiary/aromatic N) is 3. The van der Waals surface area contributed by atoms with E-state index in [1.54, 1.807) is 22.6 Å². The Morgan fingerprint density at radius 3 is 2.51 bits per heavy atom. The minimum absolute atomic E-state index is 0.176. The van der Waals surface area contributed by atoms with Crippen LogP contribution in [0.5, 0.6) is 0 Å². The monoisotopic (exact) mass is 534 g/mol. The maximum Gasteiger partial charge on any atom is 0.322 e. The van der Waals surface area contributed by atoms with Crippen molar-refractivity contribution in [3.8, 4) is 5.69 Å². The van der Waals surface area contributed by atoms with Crippen LogP contribution in [-0.4, -0.2) is 40.7 Å². The van der Waals surface area contributed by atoms with Gasteiger partial charge >= 0.3 is 6.03 Å². The van der Waals surface area contributed by atoms with Crippen LogP contribution in [0.3, 0.4) is 0 Å². The van der Waals surface area contributed by atoms with Crippen molar-refractivity contribution in [3.05, 3.63) is 99.0 Å². The number of carbonyl (C=O) groups excluding carboxylic acids is 1. The number of aryl methyl sites for hydroxylation is 1. The predicted octanol–water partition coefficient (Wildman–Crippen LogP) is 5.70. The van der Waals surface area contributed by atoms with Gasteiger partial charge < -0.3 is 15.0 Å². The first kappa shape index (κ1) is 24.6. The van der Waals surface area contributed by atoms with Gasteiger partial charge in [0, 0.05) is 18.1 Å². The Balaban J connectivity index is 1.85. The van der Waals surface area contributed by atoms with Crippen LogP contribution in [0.2, 0.25) is 0 Å². The highest BCUT2D eigenvalue weighted by atomic mass is 79.9. The van der Waals surface area contributed by atoms with Gasteiger partial charge in [-0.1, -0.05) is 42.5 Å². The first-order valence-corrected chi connectivity index (χ1v) is 12.1. The lowest BCUT2D eigenvalue weighted by Gasteiger charge is -2.31. The highest BCUT2D eigenvalue weighted by Gasteiger charge is 2.27. The van der Waals surface area contributed by atoms with Gasteiger partial charge in [-0.05, 0) is 65.7 Å². The molecule has 1 unspecified atom stereocenters. The Morgan fingerprint density at radius 1 is 1.09 bits per heavy atom. The molecule has 0 saturated carbocycles. The number of aromatic nitrogens is 2. The zero-order valence-corrected chi connectivity index (χ0v) is 21.5. The number of rotatable bonds is 7. The molecule has 3 aromatic carbocycles. The SMILES string of the molecule is COCCN(C(=O)Nc1ccccc1Br)C(C)c1nc2ccccc2c(=O)n1-c1ccccc1C. The summed E-state index contributed by atoms with van der Waals surface area (Å²) in [7, 11) is 1.59. The Labute approximate surface area is 212 Å². The van der Waals surface area contributed by atoms with Crippen LogP contribution in [-0.2, 0) is 4.74 Å². The molecule has 0 spiro atoms. The number of urea groups is 1. The summed E-state index contributed by atoms with van der Waals surface area (Å²) >= 11 is 3.48. The normalized spacial score (nSPS) is 11.9. The summed E-state index contributed by atoms with van der Waals surface area (Å²) in [5, 5.41) is 3.48. The van der Waals surface area contributed by atoms with Crippen LogP contribution in [0.1, 0.15) is 24.4 Å². The highest BCUT2D eigenvalue weighted by molar-refractivity contribution is 9.10. The lowest BCUT2D eigenvalue weighted by Crippen LogP contribution is -2.41. The molecular formula is C27H27BrN4O3. The minimum Gasteiger partial charge on any atom is -0.383 e. The van der Waals surface area contributed by atoms with E-state index in [-0.39, 0.29) is 11.6 Å². The maximum absolute atomic E-state index is 13.7. The van der Waals surface area contributed by atoms with Gasteiger partial charge in [-0.15, -0.1) is 0 Å². The fraction of sp³-hybridized carbons (Fsp3) is 0.222. The third kappa shape index (κ3) is 5.13. The van der Waals surface area contributed by atoms with Crippen LogP contribution < -0.4 is 10.9 Å². The molecule has 0 bridgehead atoms. The number of halogens is 1. The Kier molecular flexibility index (Phi) is 7.63. The summed E-state index contributed by atoms with van der Waals surface area (Å²) in [5.41, 5.74) is 2.72. The van der Waals surface area contributed by atoms with Crippen molar-refractivity contribution in [1.29, 1.82) is 0 Å². The number of hydrogen-bond donors (Lipinski definition) is 1. The molecule has 0 aliphatic rings. The summed E-state index contributed by atoms with van der Waals surface area (Å²) in [4.78, 5) is 33.7. The molecule has 0 saturated heterocycles. The van der Waals surface area contributed by atoms with Crippen molar-refractivity contribution in [1.82, 2.24) is 14.5 Å². The number of ether oxygens (including phenoxy) is 1. The van der Waals surface area contributed by atoms with Crippen LogP contribution in [0.15, 0.2) is 82.1 Å². The number of amides is 2. The van der Waals surface area contributed by atoms with E-state index >= 15 is 0 Å². The summed E-state index contributed by atoms with van der Waals surface area (Å²) in [6.45, 7) is 4.47. The van der Waals surface area contributed by atoms with Crippen LogP contribution in [0.25, 0.3) is 16.6 Å². The maximum atomic E-state index is 13.7. The van der Waals surface area contributed by atoms with Gasteiger partial charge in [-0.25, -0.2) is 9.78 Å². The van der Waals surface area contributed by atoms with Crippen molar-refractivity contribution in [2.75, 3.05) is 25.6 Å². The third-order valence-electron chi connectivity index (χ3n) is 5.91. The molecule has 0 fully saturated rings. The fourth-order valence-corrected chi connectivity index (χ4v) is 4.41. The van der Waals surface area contributed by atoms with Crippen molar-refractivity contribution in [2.45, 2.75) is 19.9 Å². The van der Waals surface area contributed by atoms with Crippen LogP contribution in [0, 0.1) is 6.92 Å². The number of fused-ring (bicyclic) bond motifs is 1. The topological polar surface area (TPSA) is 76.5 Å². The van der Waals surface area contributed by atoms with Gasteiger partial charge in [0.15, 0.2) is 0 Å². The predicted molar refractivity (Wildman–Crippen MR) is 142 cm³/mol. The molecule has 1 heterocycles. The molecule has 0 aliphatic heterocycles. The molecule has 7 nitrogen and oxygen atoms in total.